The van der Waals surface area contributed by atoms with Gasteiger partial charge in [0.05, 0.1) is 0 Å². The predicted octanol–water partition coefficient (Wildman–Crippen LogP) is 6.30. The van der Waals surface area contributed by atoms with Crippen LogP contribution in [0.25, 0.3) is 22.3 Å². The largest absolute Gasteiger partial charge is 0.551 e. The smallest absolute Gasteiger partial charge is 0.431 e. The molecule has 2 aliphatic rings. The molecule has 154 valence electrons. The summed E-state index contributed by atoms with van der Waals surface area (Å²) in [6.45, 7) is -0.123. The van der Waals surface area contributed by atoms with Crippen molar-refractivity contribution in [2.24, 2.45) is 0 Å². The Morgan fingerprint density at radius 3 is 2.12 bits per heavy atom. The van der Waals surface area contributed by atoms with Crippen molar-refractivity contribution in [3.05, 3.63) is 121 Å². The summed E-state index contributed by atoms with van der Waals surface area (Å²) in [4.78, 5) is 2.36. The lowest BCUT2D eigenvalue weighted by Gasteiger charge is -2.39. The van der Waals surface area contributed by atoms with Crippen molar-refractivity contribution in [2.45, 2.75) is 0 Å². The van der Waals surface area contributed by atoms with E-state index in [0.29, 0.717) is 0 Å². The second-order valence-corrected chi connectivity index (χ2v) is 8.54. The zero-order chi connectivity index (χ0) is 21.8. The molecule has 0 amide bonds. The van der Waals surface area contributed by atoms with Crippen LogP contribution in [0.4, 0.5) is 17.1 Å². The highest BCUT2D eigenvalue weighted by Crippen LogP contribution is 2.43. The first-order valence-corrected chi connectivity index (χ1v) is 11.3. The first-order valence-electron chi connectivity index (χ1n) is 11.3. The van der Waals surface area contributed by atoms with Crippen LogP contribution in [0.2, 0.25) is 0 Å². The van der Waals surface area contributed by atoms with Crippen LogP contribution in [0.5, 0.6) is 5.75 Å². The van der Waals surface area contributed by atoms with Crippen molar-refractivity contribution in [1.82, 2.24) is 0 Å². The second-order valence-electron chi connectivity index (χ2n) is 8.54. The van der Waals surface area contributed by atoms with Crippen molar-refractivity contribution >= 4 is 34.9 Å². The second kappa shape index (κ2) is 7.14. The molecule has 0 fully saturated rings. The summed E-state index contributed by atoms with van der Waals surface area (Å²) >= 11 is 0. The summed E-state index contributed by atoms with van der Waals surface area (Å²) < 4.78 is 6.71. The Labute approximate surface area is 193 Å². The average Bonchev–Trinajstić information content (AvgIpc) is 2.90. The van der Waals surface area contributed by atoms with E-state index in [1.165, 1.54) is 39.0 Å². The minimum Gasteiger partial charge on any atom is -0.551 e. The van der Waals surface area contributed by atoms with E-state index in [9.17, 15) is 0 Å². The van der Waals surface area contributed by atoms with Gasteiger partial charge in [-0.05, 0) is 58.6 Å². The molecule has 7 rings (SSSR count). The molecule has 0 aliphatic carbocycles. The third-order valence-corrected chi connectivity index (χ3v) is 6.68. The standard InChI is InChI=1S/C30H20BNO/c1-3-10-21(11-4-1)22-18-19-29-25(20-22)24-14-9-17-28-30(24)31(33-29)26-15-7-8-16-27(26)32(28)23-12-5-2-6-13-23/h1-20H. The fraction of sp³-hybridized carbons (Fsp3) is 0. The SMILES string of the molecule is c1ccc(-c2ccc3c(c2)-c2cccc4c2B(O3)c2ccccc2N4c2ccccc2)cc1. The highest BCUT2D eigenvalue weighted by molar-refractivity contribution is 6.85. The first-order chi connectivity index (χ1) is 16.4. The molecule has 0 radical (unpaired) electrons. The lowest BCUT2D eigenvalue weighted by Crippen LogP contribution is -2.56. The lowest BCUT2D eigenvalue weighted by atomic mass is 9.49. The molecule has 2 nitrogen and oxygen atoms in total. The minimum absolute atomic E-state index is 0.123. The Hall–Kier alpha value is -4.24. The van der Waals surface area contributed by atoms with Gasteiger partial charge in [0, 0.05) is 28.1 Å². The van der Waals surface area contributed by atoms with Gasteiger partial charge in [-0.15, -0.1) is 0 Å². The van der Waals surface area contributed by atoms with Crippen LogP contribution in [0.15, 0.2) is 121 Å². The molecule has 0 bridgehead atoms. The highest BCUT2D eigenvalue weighted by Gasteiger charge is 2.41. The molecular formula is C30H20BNO. The molecule has 5 aromatic rings. The van der Waals surface area contributed by atoms with Gasteiger partial charge in [-0.1, -0.05) is 84.9 Å². The summed E-state index contributed by atoms with van der Waals surface area (Å²) in [5.74, 6) is 0.937. The van der Waals surface area contributed by atoms with Crippen LogP contribution < -0.4 is 20.5 Å². The molecule has 2 heterocycles. The van der Waals surface area contributed by atoms with Gasteiger partial charge in [-0.25, -0.2) is 0 Å². The number of para-hydroxylation sites is 2. The maximum absolute atomic E-state index is 6.71. The number of nitrogens with zero attached hydrogens (tertiary/aromatic N) is 1. The Bertz CT molecular complexity index is 1500. The number of anilines is 3. The van der Waals surface area contributed by atoms with Crippen molar-refractivity contribution in [1.29, 1.82) is 0 Å². The Morgan fingerprint density at radius 1 is 0.545 bits per heavy atom. The summed E-state index contributed by atoms with van der Waals surface area (Å²) in [7, 11) is 0. The third-order valence-electron chi connectivity index (χ3n) is 6.68. The minimum atomic E-state index is -0.123. The molecule has 5 aromatic carbocycles. The van der Waals surface area contributed by atoms with Crippen LogP contribution in [-0.4, -0.2) is 6.92 Å². The Morgan fingerprint density at radius 2 is 1.27 bits per heavy atom. The summed E-state index contributed by atoms with van der Waals surface area (Å²) in [6.07, 6.45) is 0. The highest BCUT2D eigenvalue weighted by atomic mass is 16.4. The quantitative estimate of drug-likeness (QED) is 0.310. The van der Waals surface area contributed by atoms with Crippen LogP contribution >= 0.6 is 0 Å². The molecule has 2 aliphatic heterocycles. The fourth-order valence-corrected chi connectivity index (χ4v) is 5.21. The number of hydrogen-bond acceptors (Lipinski definition) is 2. The monoisotopic (exact) mass is 421 g/mol. The Kier molecular flexibility index (Phi) is 3.97. The van der Waals surface area contributed by atoms with E-state index in [2.05, 4.69) is 126 Å². The average molecular weight is 421 g/mol. The van der Waals surface area contributed by atoms with E-state index in [4.69, 9.17) is 4.65 Å². The third kappa shape index (κ3) is 2.76. The van der Waals surface area contributed by atoms with Gasteiger partial charge in [-0.2, -0.15) is 0 Å². The topological polar surface area (TPSA) is 12.5 Å². The number of hydrogen-bond donors (Lipinski definition) is 0. The van der Waals surface area contributed by atoms with E-state index in [0.717, 1.165) is 17.0 Å². The van der Waals surface area contributed by atoms with Crippen LogP contribution in [0, 0.1) is 0 Å². The van der Waals surface area contributed by atoms with Gasteiger partial charge in [0.15, 0.2) is 0 Å². The maximum Gasteiger partial charge on any atom is 0.431 e. The van der Waals surface area contributed by atoms with Crippen molar-refractivity contribution in [3.63, 3.8) is 0 Å². The van der Waals surface area contributed by atoms with Gasteiger partial charge in [-0.3, -0.25) is 0 Å². The molecule has 0 saturated heterocycles. The number of rotatable bonds is 2. The zero-order valence-electron chi connectivity index (χ0n) is 18.0. The van der Waals surface area contributed by atoms with Crippen molar-refractivity contribution in [3.8, 4) is 28.0 Å². The number of fused-ring (bicyclic) bond motifs is 4. The summed E-state index contributed by atoms with van der Waals surface area (Å²) in [6, 6.07) is 42.9. The van der Waals surface area contributed by atoms with Crippen LogP contribution in [-0.2, 0) is 0 Å². The summed E-state index contributed by atoms with van der Waals surface area (Å²) in [5.41, 5.74) is 10.7. The van der Waals surface area contributed by atoms with Gasteiger partial charge < -0.3 is 9.55 Å². The summed E-state index contributed by atoms with van der Waals surface area (Å²) in [5, 5.41) is 0. The molecule has 0 N–H and O–H groups in total. The number of benzene rings is 5. The first kappa shape index (κ1) is 18.3. The molecule has 0 aromatic heterocycles. The lowest BCUT2D eigenvalue weighted by molar-refractivity contribution is 0.590. The van der Waals surface area contributed by atoms with Crippen LogP contribution in [0.3, 0.4) is 0 Å². The molecule has 3 heteroatoms. The molecule has 0 atom stereocenters. The normalized spacial score (nSPS) is 13.0. The van der Waals surface area contributed by atoms with Gasteiger partial charge in [0.1, 0.15) is 5.75 Å². The fourth-order valence-electron chi connectivity index (χ4n) is 5.21. The maximum atomic E-state index is 6.71. The molecule has 0 spiro atoms. The van der Waals surface area contributed by atoms with E-state index in [1.807, 2.05) is 0 Å². The van der Waals surface area contributed by atoms with Crippen LogP contribution in [0.1, 0.15) is 0 Å². The van der Waals surface area contributed by atoms with Crippen molar-refractivity contribution < 1.29 is 4.65 Å². The molecular weight excluding hydrogens is 401 g/mol. The zero-order valence-corrected chi connectivity index (χ0v) is 18.0. The van der Waals surface area contributed by atoms with Gasteiger partial charge in [0.25, 0.3) is 0 Å². The molecule has 0 unspecified atom stereocenters. The van der Waals surface area contributed by atoms with E-state index >= 15 is 0 Å². The predicted molar refractivity (Wildman–Crippen MR) is 138 cm³/mol. The Balaban J connectivity index is 1.48. The van der Waals surface area contributed by atoms with E-state index < -0.39 is 0 Å². The van der Waals surface area contributed by atoms with Gasteiger partial charge in [0.2, 0.25) is 0 Å². The van der Waals surface area contributed by atoms with Gasteiger partial charge >= 0.3 is 6.92 Å². The molecule has 0 saturated carbocycles. The van der Waals surface area contributed by atoms with E-state index in [1.54, 1.807) is 0 Å². The van der Waals surface area contributed by atoms with Crippen molar-refractivity contribution in [2.75, 3.05) is 4.90 Å². The van der Waals surface area contributed by atoms with E-state index in [-0.39, 0.29) is 6.92 Å². The molecule has 33 heavy (non-hydrogen) atoms.